The predicted molar refractivity (Wildman–Crippen MR) is 92.6 cm³/mol. The van der Waals surface area contributed by atoms with E-state index in [2.05, 4.69) is 33.9 Å². The zero-order chi connectivity index (χ0) is 16.8. The lowest BCUT2D eigenvalue weighted by Gasteiger charge is -2.63. The molecule has 0 aromatic heterocycles. The minimum Gasteiger partial charge on any atom is -0.389 e. The molecule has 2 heteroatoms. The van der Waals surface area contributed by atoms with E-state index >= 15 is 0 Å². The van der Waals surface area contributed by atoms with Crippen molar-refractivity contribution in [3.8, 4) is 0 Å². The molecular formula is C20H34O2. The molecule has 2 aliphatic carbocycles. The van der Waals surface area contributed by atoms with E-state index in [1.165, 1.54) is 5.57 Å². The Morgan fingerprint density at radius 1 is 1.27 bits per heavy atom. The molecule has 2 rings (SSSR count). The van der Waals surface area contributed by atoms with Crippen molar-refractivity contribution in [1.29, 1.82) is 0 Å². The molecule has 0 amide bonds. The molecule has 2 nitrogen and oxygen atoms in total. The lowest BCUT2D eigenvalue weighted by molar-refractivity contribution is -0.215. The lowest BCUT2D eigenvalue weighted by Crippen LogP contribution is -2.64. The maximum absolute atomic E-state index is 11.6. The Labute approximate surface area is 136 Å². The highest BCUT2D eigenvalue weighted by atomic mass is 16.3. The van der Waals surface area contributed by atoms with Crippen LogP contribution in [0.25, 0.3) is 0 Å². The van der Waals surface area contributed by atoms with Gasteiger partial charge in [0.05, 0.1) is 11.2 Å². The largest absolute Gasteiger partial charge is 0.389 e. The van der Waals surface area contributed by atoms with Crippen LogP contribution in [0.4, 0.5) is 0 Å². The van der Waals surface area contributed by atoms with Gasteiger partial charge in [0.2, 0.25) is 0 Å². The Bertz CT molecular complexity index is 462. The van der Waals surface area contributed by atoms with Crippen LogP contribution in [-0.4, -0.2) is 21.4 Å². The number of aliphatic hydroxyl groups is 2. The SMILES string of the molecule is C=C[C@](C)(O)CC[C@H]1C(=C)CC[C@]2(O)C(C)(C)CCC[C@@]12C. The van der Waals surface area contributed by atoms with Gasteiger partial charge in [0, 0.05) is 5.41 Å². The summed E-state index contributed by atoms with van der Waals surface area (Å²) in [5, 5.41) is 21.9. The van der Waals surface area contributed by atoms with Crippen molar-refractivity contribution in [3.63, 3.8) is 0 Å². The van der Waals surface area contributed by atoms with Crippen molar-refractivity contribution in [3.05, 3.63) is 24.8 Å². The van der Waals surface area contributed by atoms with E-state index in [1.54, 1.807) is 6.08 Å². The summed E-state index contributed by atoms with van der Waals surface area (Å²) in [4.78, 5) is 0. The summed E-state index contributed by atoms with van der Waals surface area (Å²) >= 11 is 0. The Morgan fingerprint density at radius 2 is 1.91 bits per heavy atom. The zero-order valence-electron chi connectivity index (χ0n) is 14.9. The molecule has 0 spiro atoms. The highest BCUT2D eigenvalue weighted by Crippen LogP contribution is 2.64. The predicted octanol–water partition coefficient (Wildman–Crippen LogP) is 4.62. The summed E-state index contributed by atoms with van der Waals surface area (Å²) in [6, 6.07) is 0. The minimum absolute atomic E-state index is 0.0557. The van der Waals surface area contributed by atoms with Gasteiger partial charge < -0.3 is 10.2 Å². The fraction of sp³-hybridized carbons (Fsp3) is 0.800. The van der Waals surface area contributed by atoms with E-state index in [0.29, 0.717) is 6.42 Å². The molecule has 0 heterocycles. The molecule has 0 radical (unpaired) electrons. The summed E-state index contributed by atoms with van der Waals surface area (Å²) in [6.07, 6.45) is 8.18. The van der Waals surface area contributed by atoms with Crippen molar-refractivity contribution < 1.29 is 10.2 Å². The standard InChI is InChI=1S/C20H34O2/c1-7-18(5,21)13-10-16-15(2)9-14-20(22)17(3,4)11-8-12-19(16,20)6/h7,16,21-22H,1-2,8-14H2,3-6H3/t16-,18-,19-,20-/m0/s1. The summed E-state index contributed by atoms with van der Waals surface area (Å²) in [5.41, 5.74) is -0.411. The second-order valence-corrected chi connectivity index (χ2v) is 8.83. The van der Waals surface area contributed by atoms with E-state index in [0.717, 1.165) is 38.5 Å². The number of rotatable bonds is 4. The van der Waals surface area contributed by atoms with Crippen LogP contribution in [0.2, 0.25) is 0 Å². The van der Waals surface area contributed by atoms with Gasteiger partial charge in [-0.1, -0.05) is 45.4 Å². The van der Waals surface area contributed by atoms with E-state index in [4.69, 9.17) is 0 Å². The third kappa shape index (κ3) is 2.59. The Balaban J connectivity index is 2.32. The molecule has 22 heavy (non-hydrogen) atoms. The molecule has 0 aromatic rings. The highest BCUT2D eigenvalue weighted by molar-refractivity contribution is 5.22. The molecule has 2 saturated carbocycles. The number of hydrogen-bond acceptors (Lipinski definition) is 2. The molecule has 0 unspecified atom stereocenters. The monoisotopic (exact) mass is 306 g/mol. The van der Waals surface area contributed by atoms with Crippen LogP contribution in [0.3, 0.4) is 0 Å². The first-order valence-electron chi connectivity index (χ1n) is 8.75. The molecule has 0 aliphatic heterocycles. The van der Waals surface area contributed by atoms with Gasteiger partial charge in [-0.15, -0.1) is 6.58 Å². The topological polar surface area (TPSA) is 40.5 Å². The first kappa shape index (κ1) is 17.7. The summed E-state index contributed by atoms with van der Waals surface area (Å²) < 4.78 is 0. The first-order valence-corrected chi connectivity index (χ1v) is 8.75. The van der Waals surface area contributed by atoms with Gasteiger partial charge in [0.1, 0.15) is 0 Å². The van der Waals surface area contributed by atoms with Crippen LogP contribution < -0.4 is 0 Å². The third-order valence-corrected chi connectivity index (χ3v) is 7.01. The molecule has 0 aromatic carbocycles. The summed E-state index contributed by atoms with van der Waals surface area (Å²) in [6.45, 7) is 16.5. The van der Waals surface area contributed by atoms with Crippen LogP contribution in [0.1, 0.15) is 72.6 Å². The first-order chi connectivity index (χ1) is 9.99. The fourth-order valence-electron chi connectivity index (χ4n) is 5.20. The average Bonchev–Trinajstić information content (AvgIpc) is 2.41. The summed E-state index contributed by atoms with van der Waals surface area (Å²) in [7, 11) is 0. The van der Waals surface area contributed by atoms with Gasteiger partial charge in [0.15, 0.2) is 0 Å². The van der Waals surface area contributed by atoms with Crippen molar-refractivity contribution in [1.82, 2.24) is 0 Å². The van der Waals surface area contributed by atoms with Crippen molar-refractivity contribution >= 4 is 0 Å². The Hall–Kier alpha value is -0.600. The molecule has 0 bridgehead atoms. The van der Waals surface area contributed by atoms with Crippen LogP contribution >= 0.6 is 0 Å². The van der Waals surface area contributed by atoms with Gasteiger partial charge in [-0.3, -0.25) is 0 Å². The second-order valence-electron chi connectivity index (χ2n) is 8.83. The fourth-order valence-corrected chi connectivity index (χ4v) is 5.20. The zero-order valence-corrected chi connectivity index (χ0v) is 14.9. The molecule has 126 valence electrons. The molecule has 2 N–H and O–H groups in total. The maximum Gasteiger partial charge on any atom is 0.0797 e. The molecule has 0 saturated heterocycles. The quantitative estimate of drug-likeness (QED) is 0.744. The van der Waals surface area contributed by atoms with Crippen molar-refractivity contribution in [2.24, 2.45) is 16.7 Å². The third-order valence-electron chi connectivity index (χ3n) is 7.01. The van der Waals surface area contributed by atoms with Crippen LogP contribution in [0, 0.1) is 16.7 Å². The maximum atomic E-state index is 11.6. The normalized spacial score (nSPS) is 40.6. The van der Waals surface area contributed by atoms with Gasteiger partial charge in [0.25, 0.3) is 0 Å². The van der Waals surface area contributed by atoms with Crippen molar-refractivity contribution in [2.45, 2.75) is 83.8 Å². The molecule has 2 fully saturated rings. The number of hydrogen-bond donors (Lipinski definition) is 2. The van der Waals surface area contributed by atoms with Gasteiger partial charge in [-0.2, -0.15) is 0 Å². The van der Waals surface area contributed by atoms with Crippen LogP contribution in [0.15, 0.2) is 24.8 Å². The van der Waals surface area contributed by atoms with Crippen LogP contribution in [0.5, 0.6) is 0 Å². The summed E-state index contributed by atoms with van der Waals surface area (Å²) in [5.74, 6) is 0.275. The second kappa shape index (κ2) is 5.49. The van der Waals surface area contributed by atoms with Crippen LogP contribution in [-0.2, 0) is 0 Å². The average molecular weight is 306 g/mol. The van der Waals surface area contributed by atoms with Gasteiger partial charge >= 0.3 is 0 Å². The number of allylic oxidation sites excluding steroid dienone is 1. The highest BCUT2D eigenvalue weighted by Gasteiger charge is 2.62. The lowest BCUT2D eigenvalue weighted by atomic mass is 9.44. The molecule has 2 aliphatic rings. The van der Waals surface area contributed by atoms with E-state index in [1.807, 2.05) is 6.92 Å². The minimum atomic E-state index is -0.837. The Kier molecular flexibility index (Phi) is 4.43. The van der Waals surface area contributed by atoms with E-state index in [9.17, 15) is 10.2 Å². The van der Waals surface area contributed by atoms with Gasteiger partial charge in [-0.25, -0.2) is 0 Å². The van der Waals surface area contributed by atoms with Crippen molar-refractivity contribution in [2.75, 3.05) is 0 Å². The van der Waals surface area contributed by atoms with Gasteiger partial charge in [-0.05, 0) is 56.8 Å². The van der Waals surface area contributed by atoms with E-state index < -0.39 is 11.2 Å². The number of fused-ring (bicyclic) bond motifs is 1. The molecular weight excluding hydrogens is 272 g/mol. The molecule has 4 atom stereocenters. The van der Waals surface area contributed by atoms with E-state index in [-0.39, 0.29) is 16.7 Å². The Morgan fingerprint density at radius 3 is 2.50 bits per heavy atom. The smallest absolute Gasteiger partial charge is 0.0797 e.